The van der Waals surface area contributed by atoms with Gasteiger partial charge in [-0.15, -0.1) is 5.92 Å². The lowest BCUT2D eigenvalue weighted by atomic mass is 10.1. The van der Waals surface area contributed by atoms with Crippen LogP contribution in [0.2, 0.25) is 0 Å². The Morgan fingerprint density at radius 2 is 2.14 bits per heavy atom. The van der Waals surface area contributed by atoms with Gasteiger partial charge in [0.05, 0.1) is 0 Å². The van der Waals surface area contributed by atoms with E-state index in [9.17, 15) is 9.36 Å². The van der Waals surface area contributed by atoms with E-state index in [1.165, 1.54) is 20.7 Å². The van der Waals surface area contributed by atoms with Gasteiger partial charge >= 0.3 is 5.97 Å². The summed E-state index contributed by atoms with van der Waals surface area (Å²) in [5, 5.41) is 7.49. The quantitative estimate of drug-likeness (QED) is 0.577. The number of carbonyl (C=O) groups is 1. The van der Waals surface area contributed by atoms with Crippen LogP contribution in [0.25, 0.3) is 0 Å². The molecule has 0 fully saturated rings. The minimum atomic E-state index is -3.26. The zero-order valence-electron chi connectivity index (χ0n) is 8.83. The molecule has 4 nitrogen and oxygen atoms in total. The Morgan fingerprint density at radius 1 is 1.64 bits per heavy atom. The van der Waals surface area contributed by atoms with Gasteiger partial charge in [-0.2, -0.15) is 0 Å². The minimum absolute atomic E-state index is 0.158. The van der Waals surface area contributed by atoms with E-state index in [1.54, 1.807) is 6.92 Å². The third-order valence-electron chi connectivity index (χ3n) is 2.24. The Kier molecular flexibility index (Phi) is 4.38. The predicted molar refractivity (Wildman–Crippen MR) is 54.6 cm³/mol. The number of carboxylic acids is 1. The Hall–Kier alpha value is -0.780. The van der Waals surface area contributed by atoms with E-state index < -0.39 is 18.5 Å². The summed E-state index contributed by atoms with van der Waals surface area (Å²) in [6, 6.07) is 0. The fourth-order valence-corrected chi connectivity index (χ4v) is 2.77. The molecule has 0 aliphatic heterocycles. The van der Waals surface area contributed by atoms with Gasteiger partial charge in [0.2, 0.25) is 12.5 Å². The van der Waals surface area contributed by atoms with Crippen molar-refractivity contribution in [3.05, 3.63) is 0 Å². The fourth-order valence-electron chi connectivity index (χ4n) is 1.22. The van der Waals surface area contributed by atoms with Gasteiger partial charge in [-0.1, -0.05) is 12.8 Å². The van der Waals surface area contributed by atoms with Crippen LogP contribution >= 0.6 is 7.37 Å². The highest BCUT2D eigenvalue weighted by molar-refractivity contribution is 7.61. The van der Waals surface area contributed by atoms with Crippen molar-refractivity contribution in [2.24, 2.45) is 0 Å². The molecule has 0 radical (unpaired) electrons. The molecule has 0 heterocycles. The van der Waals surface area contributed by atoms with Crippen LogP contribution in [0, 0.1) is 11.8 Å². The van der Waals surface area contributed by atoms with Crippen molar-refractivity contribution in [3.8, 4) is 11.8 Å². The second-order valence-corrected chi connectivity index (χ2v) is 5.74. The lowest BCUT2D eigenvalue weighted by Gasteiger charge is -2.27. The van der Waals surface area contributed by atoms with Crippen LogP contribution in [0.4, 0.5) is 0 Å². The first-order chi connectivity index (χ1) is 6.38. The Labute approximate surface area is 84.1 Å². The molecule has 0 aliphatic carbocycles. The number of hydrogen-bond donors (Lipinski definition) is 1. The molecule has 1 N–H and O–H groups in total. The van der Waals surface area contributed by atoms with Crippen LogP contribution in [-0.4, -0.2) is 30.0 Å². The van der Waals surface area contributed by atoms with E-state index in [0.29, 0.717) is 0 Å². The van der Waals surface area contributed by atoms with E-state index in [1.807, 2.05) is 0 Å². The second-order valence-electron chi connectivity index (χ2n) is 2.92. The average molecular weight is 218 g/mol. The van der Waals surface area contributed by atoms with Gasteiger partial charge in [-0.3, -0.25) is 4.57 Å². The largest absolute Gasteiger partial charge is 0.480 e. The molecule has 14 heavy (non-hydrogen) atoms. The molecule has 0 saturated heterocycles. The van der Waals surface area contributed by atoms with Crippen molar-refractivity contribution in [1.82, 2.24) is 0 Å². The molecular formula is C9H15O4P. The summed E-state index contributed by atoms with van der Waals surface area (Å²) in [7, 11) is -2.02. The minimum Gasteiger partial charge on any atom is -0.480 e. The highest BCUT2D eigenvalue weighted by atomic mass is 31.2. The van der Waals surface area contributed by atoms with Gasteiger partial charge in [-0.05, 0) is 13.3 Å². The zero-order valence-corrected chi connectivity index (χ0v) is 9.72. The van der Waals surface area contributed by atoms with E-state index >= 15 is 0 Å². The molecular weight excluding hydrogens is 203 g/mol. The van der Waals surface area contributed by atoms with Gasteiger partial charge in [0.1, 0.15) is 0 Å². The summed E-state index contributed by atoms with van der Waals surface area (Å²) >= 11 is 0. The highest BCUT2D eigenvalue weighted by Gasteiger charge is 2.50. The molecule has 0 aromatic rings. The number of carboxylic acid groups (broad SMARTS) is 1. The summed E-state index contributed by atoms with van der Waals surface area (Å²) in [4.78, 5) is 11.1. The summed E-state index contributed by atoms with van der Waals surface area (Å²) in [5.74, 6) is 3.80. The summed E-state index contributed by atoms with van der Waals surface area (Å²) in [5.41, 5.74) is 0. The summed E-state index contributed by atoms with van der Waals surface area (Å²) in [6.45, 7) is 4.45. The monoisotopic (exact) mass is 218 g/mol. The van der Waals surface area contributed by atoms with Crippen LogP contribution in [-0.2, 0) is 13.9 Å². The molecule has 0 aromatic carbocycles. The molecule has 2 atom stereocenters. The Bertz CT molecular complexity index is 325. The van der Waals surface area contributed by atoms with Crippen LogP contribution < -0.4 is 0 Å². The third-order valence-corrected chi connectivity index (χ3v) is 4.94. The van der Waals surface area contributed by atoms with Crippen molar-refractivity contribution < 1.29 is 19.0 Å². The van der Waals surface area contributed by atoms with Gasteiger partial charge in [0.25, 0.3) is 0 Å². The van der Waals surface area contributed by atoms with E-state index in [2.05, 4.69) is 11.8 Å². The van der Waals surface area contributed by atoms with E-state index in [0.717, 1.165) is 0 Å². The molecule has 2 unspecified atom stereocenters. The average Bonchev–Trinajstić information content (AvgIpc) is 2.13. The maximum absolute atomic E-state index is 12.0. The normalized spacial score (nSPS) is 18.6. The zero-order chi connectivity index (χ0) is 11.4. The molecule has 0 spiro atoms. The van der Waals surface area contributed by atoms with Crippen LogP contribution in [0.5, 0.6) is 0 Å². The molecule has 0 saturated carbocycles. The van der Waals surface area contributed by atoms with Crippen LogP contribution in [0.15, 0.2) is 0 Å². The molecule has 0 rings (SSSR count). The van der Waals surface area contributed by atoms with Crippen LogP contribution in [0.3, 0.4) is 0 Å². The molecule has 0 aromatic heterocycles. The summed E-state index contributed by atoms with van der Waals surface area (Å²) < 4.78 is 16.7. The van der Waals surface area contributed by atoms with Crippen molar-refractivity contribution in [1.29, 1.82) is 0 Å². The predicted octanol–water partition coefficient (Wildman–Crippen LogP) is 1.80. The van der Waals surface area contributed by atoms with Gasteiger partial charge < -0.3 is 9.63 Å². The van der Waals surface area contributed by atoms with Gasteiger partial charge in [0.15, 0.2) is 0 Å². The molecule has 0 bridgehead atoms. The number of rotatable bonds is 4. The first-order valence-corrected chi connectivity index (χ1v) is 6.25. The Balaban J connectivity index is 5.56. The van der Waals surface area contributed by atoms with Crippen molar-refractivity contribution in [3.63, 3.8) is 0 Å². The third kappa shape index (κ3) is 2.00. The molecule has 80 valence electrons. The fraction of sp³-hybridized carbons (Fsp3) is 0.667. The van der Waals surface area contributed by atoms with Crippen molar-refractivity contribution in [2.75, 3.05) is 13.8 Å². The summed E-state index contributed by atoms with van der Waals surface area (Å²) in [6.07, 6.45) is 0.158. The van der Waals surface area contributed by atoms with Crippen molar-refractivity contribution in [2.45, 2.75) is 25.4 Å². The number of hydrogen-bond acceptors (Lipinski definition) is 3. The lowest BCUT2D eigenvalue weighted by Crippen LogP contribution is -2.36. The van der Waals surface area contributed by atoms with Crippen LogP contribution in [0.1, 0.15) is 20.3 Å². The first kappa shape index (κ1) is 13.2. The van der Waals surface area contributed by atoms with E-state index in [-0.39, 0.29) is 6.42 Å². The number of aliphatic carboxylic acids is 1. The lowest BCUT2D eigenvalue weighted by molar-refractivity contribution is -0.138. The van der Waals surface area contributed by atoms with Gasteiger partial charge in [0, 0.05) is 13.8 Å². The molecule has 0 aliphatic rings. The van der Waals surface area contributed by atoms with Crippen molar-refractivity contribution >= 4 is 13.3 Å². The standard InChI is InChI=1S/C9H15O4P/c1-5-7-9(6-2,8(10)11)14(4,12)13-3/h6H2,1-4H3,(H,10,11). The SMILES string of the molecule is CC#CC(CC)(C(=O)O)P(C)(=O)OC. The maximum atomic E-state index is 12.0. The maximum Gasteiger partial charge on any atom is 0.331 e. The molecule has 5 heteroatoms. The first-order valence-electron chi connectivity index (χ1n) is 4.18. The molecule has 0 amide bonds. The smallest absolute Gasteiger partial charge is 0.331 e. The second kappa shape index (κ2) is 4.63. The highest BCUT2D eigenvalue weighted by Crippen LogP contribution is 2.56. The van der Waals surface area contributed by atoms with E-state index in [4.69, 9.17) is 9.63 Å². The van der Waals surface area contributed by atoms with Gasteiger partial charge in [-0.25, -0.2) is 4.79 Å². The topological polar surface area (TPSA) is 63.6 Å². The Morgan fingerprint density at radius 3 is 2.36 bits per heavy atom.